The van der Waals surface area contributed by atoms with Crippen LogP contribution in [0.1, 0.15) is 32.8 Å². The lowest BCUT2D eigenvalue weighted by molar-refractivity contribution is -0.151. The maximum Gasteiger partial charge on any atom is 0.0691 e. The number of likely N-dealkylation sites (N-methyl/N-ethyl adjacent to an activating group) is 1. The van der Waals surface area contributed by atoms with Gasteiger partial charge in [-0.2, -0.15) is 0 Å². The number of ether oxygens (including phenoxy) is 1. The number of rotatable bonds is 4. The summed E-state index contributed by atoms with van der Waals surface area (Å²) in [6.45, 7) is 11.6. The lowest BCUT2D eigenvalue weighted by Crippen LogP contribution is -2.78. The molecule has 2 fully saturated rings. The molecule has 3 heteroatoms. The molecule has 3 rings (SSSR count). The summed E-state index contributed by atoms with van der Waals surface area (Å²) in [5.41, 5.74) is 9.36. The van der Waals surface area contributed by atoms with Crippen LogP contribution in [0.3, 0.4) is 0 Å². The summed E-state index contributed by atoms with van der Waals surface area (Å²) in [7, 11) is 0. The van der Waals surface area contributed by atoms with E-state index < -0.39 is 0 Å². The average molecular weight is 288 g/mol. The van der Waals surface area contributed by atoms with Gasteiger partial charge in [-0.25, -0.2) is 0 Å². The molecule has 1 heterocycles. The maximum atomic E-state index is 6.90. The molecule has 0 amide bonds. The molecule has 1 aliphatic heterocycles. The number of aryl methyl sites for hydroxylation is 1. The van der Waals surface area contributed by atoms with Gasteiger partial charge in [-0.1, -0.05) is 26.0 Å². The first-order chi connectivity index (χ1) is 9.90. The first kappa shape index (κ1) is 14.9. The van der Waals surface area contributed by atoms with E-state index in [1.54, 1.807) is 0 Å². The highest BCUT2D eigenvalue weighted by Crippen LogP contribution is 2.58. The molecule has 3 unspecified atom stereocenters. The van der Waals surface area contributed by atoms with E-state index >= 15 is 0 Å². The van der Waals surface area contributed by atoms with E-state index in [4.69, 9.17) is 10.5 Å². The molecule has 0 bridgehead atoms. The van der Waals surface area contributed by atoms with Crippen molar-refractivity contribution in [2.45, 2.75) is 45.8 Å². The summed E-state index contributed by atoms with van der Waals surface area (Å²) >= 11 is 0. The lowest BCUT2D eigenvalue weighted by atomic mass is 9.48. The van der Waals surface area contributed by atoms with Crippen LogP contribution in [0.15, 0.2) is 24.3 Å². The number of anilines is 1. The van der Waals surface area contributed by atoms with Crippen molar-refractivity contribution in [2.75, 3.05) is 24.6 Å². The predicted octanol–water partition coefficient (Wildman–Crippen LogP) is 2.96. The standard InChI is InChI=1S/C18H28N2O/c1-5-20(14-8-6-7-13(2)11-14)12-18(19)15-9-10-21-16(15)17(18,3)4/h6-8,11,15-16H,5,9-10,12,19H2,1-4H3. The number of benzene rings is 1. The fourth-order valence-corrected chi connectivity index (χ4v) is 4.32. The Morgan fingerprint density at radius 3 is 2.81 bits per heavy atom. The first-order valence-corrected chi connectivity index (χ1v) is 8.12. The number of nitrogens with zero attached hydrogens (tertiary/aromatic N) is 1. The fourth-order valence-electron chi connectivity index (χ4n) is 4.32. The molecule has 0 aromatic heterocycles. The Hall–Kier alpha value is -1.06. The van der Waals surface area contributed by atoms with Crippen molar-refractivity contribution in [3.8, 4) is 0 Å². The van der Waals surface area contributed by atoms with Crippen LogP contribution in [0.2, 0.25) is 0 Å². The molecule has 1 saturated heterocycles. The smallest absolute Gasteiger partial charge is 0.0691 e. The number of hydrogen-bond donors (Lipinski definition) is 1. The van der Waals surface area contributed by atoms with Crippen LogP contribution in [0, 0.1) is 18.3 Å². The van der Waals surface area contributed by atoms with Crippen molar-refractivity contribution >= 4 is 5.69 Å². The number of nitrogens with two attached hydrogens (primary N) is 1. The van der Waals surface area contributed by atoms with E-state index in [1.165, 1.54) is 11.3 Å². The van der Waals surface area contributed by atoms with Gasteiger partial charge in [-0.3, -0.25) is 0 Å². The van der Waals surface area contributed by atoms with Crippen molar-refractivity contribution in [3.63, 3.8) is 0 Å². The van der Waals surface area contributed by atoms with Crippen LogP contribution in [0.5, 0.6) is 0 Å². The second-order valence-corrected chi connectivity index (χ2v) is 7.30. The van der Waals surface area contributed by atoms with Gasteiger partial charge < -0.3 is 15.4 Å². The summed E-state index contributed by atoms with van der Waals surface area (Å²) in [5.74, 6) is 0.506. The molecule has 21 heavy (non-hydrogen) atoms. The van der Waals surface area contributed by atoms with Crippen LogP contribution in [-0.2, 0) is 4.74 Å². The summed E-state index contributed by atoms with van der Waals surface area (Å²) in [5, 5.41) is 0. The molecule has 1 saturated carbocycles. The molecule has 1 aliphatic carbocycles. The Bertz CT molecular complexity index is 528. The third-order valence-electron chi connectivity index (χ3n) is 5.87. The third-order valence-corrected chi connectivity index (χ3v) is 5.87. The van der Waals surface area contributed by atoms with Crippen LogP contribution in [0.4, 0.5) is 5.69 Å². The summed E-state index contributed by atoms with van der Waals surface area (Å²) in [4.78, 5) is 2.42. The van der Waals surface area contributed by atoms with E-state index in [9.17, 15) is 0 Å². The van der Waals surface area contributed by atoms with E-state index in [0.717, 1.165) is 26.1 Å². The van der Waals surface area contributed by atoms with Gasteiger partial charge in [0, 0.05) is 42.3 Å². The Kier molecular flexibility index (Phi) is 3.53. The molecule has 3 atom stereocenters. The van der Waals surface area contributed by atoms with Crippen molar-refractivity contribution in [3.05, 3.63) is 29.8 Å². The summed E-state index contributed by atoms with van der Waals surface area (Å²) in [6.07, 6.45) is 1.45. The van der Waals surface area contributed by atoms with E-state index in [0.29, 0.717) is 12.0 Å². The minimum atomic E-state index is -0.159. The van der Waals surface area contributed by atoms with E-state index in [-0.39, 0.29) is 11.0 Å². The van der Waals surface area contributed by atoms with E-state index in [2.05, 4.69) is 56.9 Å². The van der Waals surface area contributed by atoms with Gasteiger partial charge in [0.05, 0.1) is 6.10 Å². The molecule has 2 aliphatic rings. The van der Waals surface area contributed by atoms with Gasteiger partial charge in [-0.05, 0) is 38.0 Å². The van der Waals surface area contributed by atoms with Gasteiger partial charge in [-0.15, -0.1) is 0 Å². The Morgan fingerprint density at radius 1 is 1.38 bits per heavy atom. The maximum absolute atomic E-state index is 6.90. The van der Waals surface area contributed by atoms with Crippen molar-refractivity contribution in [1.29, 1.82) is 0 Å². The van der Waals surface area contributed by atoms with E-state index in [1.807, 2.05) is 0 Å². The molecule has 2 N–H and O–H groups in total. The monoisotopic (exact) mass is 288 g/mol. The quantitative estimate of drug-likeness (QED) is 0.925. The van der Waals surface area contributed by atoms with Gasteiger partial charge in [0.1, 0.15) is 0 Å². The highest BCUT2D eigenvalue weighted by atomic mass is 16.5. The second-order valence-electron chi connectivity index (χ2n) is 7.30. The van der Waals surface area contributed by atoms with Gasteiger partial charge in [0.15, 0.2) is 0 Å². The number of fused-ring (bicyclic) bond motifs is 1. The highest BCUT2D eigenvalue weighted by molar-refractivity contribution is 5.49. The molecule has 116 valence electrons. The SMILES string of the molecule is CCN(CC1(N)C2CCOC2C1(C)C)c1cccc(C)c1. The van der Waals surface area contributed by atoms with Crippen LogP contribution < -0.4 is 10.6 Å². The Balaban J connectivity index is 1.84. The van der Waals surface area contributed by atoms with Gasteiger partial charge in [0.25, 0.3) is 0 Å². The number of hydrogen-bond acceptors (Lipinski definition) is 3. The zero-order valence-electron chi connectivity index (χ0n) is 13.7. The normalized spacial score (nSPS) is 33.4. The fraction of sp³-hybridized carbons (Fsp3) is 0.667. The highest BCUT2D eigenvalue weighted by Gasteiger charge is 2.67. The topological polar surface area (TPSA) is 38.5 Å². The van der Waals surface area contributed by atoms with Crippen LogP contribution in [0.25, 0.3) is 0 Å². The summed E-state index contributed by atoms with van der Waals surface area (Å²) < 4.78 is 5.90. The molecule has 3 nitrogen and oxygen atoms in total. The largest absolute Gasteiger partial charge is 0.377 e. The van der Waals surface area contributed by atoms with Crippen molar-refractivity contribution in [2.24, 2.45) is 17.1 Å². The van der Waals surface area contributed by atoms with Crippen LogP contribution in [-0.4, -0.2) is 31.3 Å². The molecule has 0 spiro atoms. The minimum Gasteiger partial charge on any atom is -0.377 e. The zero-order valence-corrected chi connectivity index (χ0v) is 13.7. The predicted molar refractivity (Wildman–Crippen MR) is 87.6 cm³/mol. The first-order valence-electron chi connectivity index (χ1n) is 8.12. The average Bonchev–Trinajstić information content (AvgIpc) is 2.93. The third kappa shape index (κ3) is 2.09. The zero-order chi connectivity index (χ0) is 15.3. The van der Waals surface area contributed by atoms with Crippen LogP contribution >= 0.6 is 0 Å². The second kappa shape index (κ2) is 4.99. The minimum absolute atomic E-state index is 0.0470. The molecule has 0 radical (unpaired) electrons. The molecular weight excluding hydrogens is 260 g/mol. The van der Waals surface area contributed by atoms with Gasteiger partial charge >= 0.3 is 0 Å². The van der Waals surface area contributed by atoms with Gasteiger partial charge in [0.2, 0.25) is 0 Å². The Morgan fingerprint density at radius 2 is 2.14 bits per heavy atom. The van der Waals surface area contributed by atoms with Crippen molar-refractivity contribution in [1.82, 2.24) is 0 Å². The molecular formula is C18H28N2O. The summed E-state index contributed by atoms with van der Waals surface area (Å²) in [6, 6.07) is 8.71. The lowest BCUT2D eigenvalue weighted by Gasteiger charge is -2.63. The Labute approximate surface area is 128 Å². The van der Waals surface area contributed by atoms with Crippen molar-refractivity contribution < 1.29 is 4.74 Å². The molecule has 1 aromatic carbocycles. The molecule has 1 aromatic rings.